The van der Waals surface area contributed by atoms with Crippen LogP contribution in [-0.2, 0) is 6.54 Å². The SMILES string of the molecule is NCc1ccc(C(NC(=O)O)C(=O)c2nc3ccccc3s2)cc1. The lowest BCUT2D eigenvalue weighted by Crippen LogP contribution is -2.32. The minimum atomic E-state index is -1.27. The van der Waals surface area contributed by atoms with Crippen molar-refractivity contribution in [2.75, 3.05) is 0 Å². The number of nitrogens with one attached hydrogen (secondary N) is 1. The maximum Gasteiger partial charge on any atom is 0.405 e. The molecule has 3 aromatic rings. The Morgan fingerprint density at radius 3 is 2.50 bits per heavy atom. The van der Waals surface area contributed by atoms with Crippen molar-refractivity contribution in [1.82, 2.24) is 10.3 Å². The Hall–Kier alpha value is -2.77. The van der Waals surface area contributed by atoms with Gasteiger partial charge in [-0.1, -0.05) is 36.4 Å². The highest BCUT2D eigenvalue weighted by Gasteiger charge is 2.26. The quantitative estimate of drug-likeness (QED) is 0.619. The number of aromatic nitrogens is 1. The highest BCUT2D eigenvalue weighted by molar-refractivity contribution is 7.20. The maximum absolute atomic E-state index is 12.8. The lowest BCUT2D eigenvalue weighted by atomic mass is 10.0. The first-order chi connectivity index (χ1) is 11.6. The van der Waals surface area contributed by atoms with Crippen molar-refractivity contribution in [2.45, 2.75) is 12.6 Å². The van der Waals surface area contributed by atoms with Gasteiger partial charge in [0.25, 0.3) is 0 Å². The molecule has 0 saturated carbocycles. The second-order valence-electron chi connectivity index (χ2n) is 5.18. The smallest absolute Gasteiger partial charge is 0.405 e. The Morgan fingerprint density at radius 2 is 1.88 bits per heavy atom. The average molecular weight is 341 g/mol. The van der Waals surface area contributed by atoms with Crippen molar-refractivity contribution in [3.63, 3.8) is 0 Å². The van der Waals surface area contributed by atoms with E-state index in [0.29, 0.717) is 12.1 Å². The number of carbonyl (C=O) groups excluding carboxylic acids is 1. The fourth-order valence-electron chi connectivity index (χ4n) is 2.37. The van der Waals surface area contributed by atoms with Crippen LogP contribution in [0.1, 0.15) is 27.0 Å². The summed E-state index contributed by atoms with van der Waals surface area (Å²) in [5, 5.41) is 11.6. The van der Waals surface area contributed by atoms with Gasteiger partial charge < -0.3 is 16.2 Å². The summed E-state index contributed by atoms with van der Waals surface area (Å²) in [6, 6.07) is 13.4. The van der Waals surface area contributed by atoms with E-state index in [4.69, 9.17) is 10.8 Å². The molecule has 0 aliphatic carbocycles. The van der Waals surface area contributed by atoms with Gasteiger partial charge in [-0.3, -0.25) is 4.79 Å². The molecule has 4 N–H and O–H groups in total. The number of ketones is 1. The molecule has 1 aromatic heterocycles. The molecule has 2 aromatic carbocycles. The van der Waals surface area contributed by atoms with Gasteiger partial charge in [0, 0.05) is 6.54 Å². The summed E-state index contributed by atoms with van der Waals surface area (Å²) < 4.78 is 0.883. The molecule has 3 rings (SSSR count). The van der Waals surface area contributed by atoms with Gasteiger partial charge >= 0.3 is 6.09 Å². The third kappa shape index (κ3) is 3.27. The van der Waals surface area contributed by atoms with Crippen LogP contribution in [0, 0.1) is 0 Å². The molecule has 1 amide bonds. The highest BCUT2D eigenvalue weighted by Crippen LogP contribution is 2.26. The Bertz CT molecular complexity index is 856. The van der Waals surface area contributed by atoms with Crippen LogP contribution in [0.3, 0.4) is 0 Å². The van der Waals surface area contributed by atoms with Crippen molar-refractivity contribution < 1.29 is 14.7 Å². The molecular weight excluding hydrogens is 326 g/mol. The van der Waals surface area contributed by atoms with Crippen LogP contribution in [0.5, 0.6) is 0 Å². The normalized spacial score (nSPS) is 12.0. The van der Waals surface area contributed by atoms with Gasteiger partial charge in [-0.2, -0.15) is 0 Å². The van der Waals surface area contributed by atoms with Crippen molar-refractivity contribution in [2.24, 2.45) is 5.73 Å². The summed E-state index contributed by atoms with van der Waals surface area (Å²) in [6.07, 6.45) is -1.27. The second kappa shape index (κ2) is 6.77. The zero-order valence-electron chi connectivity index (χ0n) is 12.6. The van der Waals surface area contributed by atoms with Crippen LogP contribution in [0.2, 0.25) is 0 Å². The molecule has 6 nitrogen and oxygen atoms in total. The van der Waals surface area contributed by atoms with E-state index >= 15 is 0 Å². The highest BCUT2D eigenvalue weighted by atomic mass is 32.1. The van der Waals surface area contributed by atoms with Gasteiger partial charge in [-0.15, -0.1) is 11.3 Å². The van der Waals surface area contributed by atoms with Crippen LogP contribution in [0.15, 0.2) is 48.5 Å². The standard InChI is InChI=1S/C17H15N3O3S/c18-9-10-5-7-11(8-6-10)14(20-17(22)23)15(21)16-19-12-3-1-2-4-13(12)24-16/h1-8,14,20H,9,18H2,(H,22,23). The molecule has 0 radical (unpaired) electrons. The van der Waals surface area contributed by atoms with Gasteiger partial charge in [-0.25, -0.2) is 9.78 Å². The molecule has 122 valence electrons. The lowest BCUT2D eigenvalue weighted by Gasteiger charge is -2.15. The summed E-state index contributed by atoms with van der Waals surface area (Å²) >= 11 is 1.25. The number of thiazole rings is 1. The fourth-order valence-corrected chi connectivity index (χ4v) is 3.31. The van der Waals surface area contributed by atoms with Crippen molar-refractivity contribution >= 4 is 33.4 Å². The number of Topliss-reactive ketones (excluding diaryl/α,β-unsaturated/α-hetero) is 1. The zero-order valence-corrected chi connectivity index (χ0v) is 13.4. The largest absolute Gasteiger partial charge is 0.465 e. The summed E-state index contributed by atoms with van der Waals surface area (Å²) in [6.45, 7) is 0.378. The first-order valence-corrected chi connectivity index (χ1v) is 8.08. The third-order valence-corrected chi connectivity index (χ3v) is 4.63. The van der Waals surface area contributed by atoms with Crippen LogP contribution in [0.25, 0.3) is 10.2 Å². The Balaban J connectivity index is 1.97. The van der Waals surface area contributed by atoms with Crippen molar-refractivity contribution in [3.05, 3.63) is 64.7 Å². The Labute approximate surface area is 141 Å². The summed E-state index contributed by atoms with van der Waals surface area (Å²) in [4.78, 5) is 28.2. The second-order valence-corrected chi connectivity index (χ2v) is 6.21. The van der Waals surface area contributed by atoms with Crippen LogP contribution in [-0.4, -0.2) is 22.0 Å². The number of para-hydroxylation sites is 1. The maximum atomic E-state index is 12.8. The van der Waals surface area contributed by atoms with E-state index in [1.165, 1.54) is 11.3 Å². The van der Waals surface area contributed by atoms with Gasteiger partial charge in [-0.05, 0) is 23.3 Å². The topological polar surface area (TPSA) is 105 Å². The minimum absolute atomic E-state index is 0.276. The molecule has 0 bridgehead atoms. The predicted octanol–water partition coefficient (Wildman–Crippen LogP) is 2.95. The fraction of sp³-hybridized carbons (Fsp3) is 0.118. The predicted molar refractivity (Wildman–Crippen MR) is 92.2 cm³/mol. The lowest BCUT2D eigenvalue weighted by molar-refractivity contribution is 0.0936. The molecule has 0 aliphatic rings. The number of nitrogens with two attached hydrogens (primary N) is 1. The van der Waals surface area contributed by atoms with Crippen molar-refractivity contribution in [3.8, 4) is 0 Å². The molecule has 1 unspecified atom stereocenters. The van der Waals surface area contributed by atoms with Crippen LogP contribution < -0.4 is 11.1 Å². The van der Waals surface area contributed by atoms with E-state index in [1.54, 1.807) is 24.3 Å². The number of fused-ring (bicyclic) bond motifs is 1. The number of carboxylic acid groups (broad SMARTS) is 1. The molecule has 0 aliphatic heterocycles. The first kappa shape index (κ1) is 16.1. The average Bonchev–Trinajstić information content (AvgIpc) is 3.03. The van der Waals surface area contributed by atoms with Crippen molar-refractivity contribution in [1.29, 1.82) is 0 Å². The number of rotatable bonds is 5. The van der Waals surface area contributed by atoms with Gasteiger partial charge in [0.15, 0.2) is 5.01 Å². The number of carbonyl (C=O) groups is 2. The molecule has 0 saturated heterocycles. The van der Waals surface area contributed by atoms with Gasteiger partial charge in [0.2, 0.25) is 5.78 Å². The van der Waals surface area contributed by atoms with Gasteiger partial charge in [0.05, 0.1) is 10.2 Å². The van der Waals surface area contributed by atoms with E-state index in [2.05, 4.69) is 10.3 Å². The van der Waals surface area contributed by atoms with E-state index in [9.17, 15) is 9.59 Å². The first-order valence-electron chi connectivity index (χ1n) is 7.26. The number of nitrogens with zero attached hydrogens (tertiary/aromatic N) is 1. The van der Waals surface area contributed by atoms with E-state index in [1.807, 2.05) is 24.3 Å². The van der Waals surface area contributed by atoms with E-state index in [0.717, 1.165) is 15.8 Å². The molecule has 0 spiro atoms. The molecular formula is C17H15N3O3S. The van der Waals surface area contributed by atoms with E-state index in [-0.39, 0.29) is 10.8 Å². The number of hydrogen-bond donors (Lipinski definition) is 3. The van der Waals surface area contributed by atoms with Crippen LogP contribution in [0.4, 0.5) is 4.79 Å². The number of hydrogen-bond acceptors (Lipinski definition) is 5. The molecule has 7 heteroatoms. The number of amides is 1. The number of benzene rings is 2. The zero-order chi connectivity index (χ0) is 17.1. The Kier molecular flexibility index (Phi) is 4.54. The Morgan fingerprint density at radius 1 is 1.17 bits per heavy atom. The molecule has 1 atom stereocenters. The molecule has 24 heavy (non-hydrogen) atoms. The molecule has 1 heterocycles. The summed E-state index contributed by atoms with van der Waals surface area (Å²) in [5.41, 5.74) is 7.74. The monoisotopic (exact) mass is 341 g/mol. The molecule has 0 fully saturated rings. The summed E-state index contributed by atoms with van der Waals surface area (Å²) in [5.74, 6) is -0.376. The van der Waals surface area contributed by atoms with E-state index < -0.39 is 12.1 Å². The summed E-state index contributed by atoms with van der Waals surface area (Å²) in [7, 11) is 0. The third-order valence-electron chi connectivity index (χ3n) is 3.58. The minimum Gasteiger partial charge on any atom is -0.465 e. The van der Waals surface area contributed by atoms with Crippen LogP contribution >= 0.6 is 11.3 Å². The van der Waals surface area contributed by atoms with Gasteiger partial charge in [0.1, 0.15) is 6.04 Å².